The van der Waals surface area contributed by atoms with Gasteiger partial charge in [0, 0.05) is 43.3 Å². The molecule has 1 heterocycles. The molecule has 144 valence electrons. The molecule has 0 saturated carbocycles. The molecule has 1 fully saturated rings. The number of rotatable bonds is 6. The third-order valence-electron chi connectivity index (χ3n) is 5.20. The summed E-state index contributed by atoms with van der Waals surface area (Å²) >= 11 is 5.93. The Kier molecular flexibility index (Phi) is 6.75. The van der Waals surface area contributed by atoms with Gasteiger partial charge in [-0.25, -0.2) is 0 Å². The highest BCUT2D eigenvalue weighted by atomic mass is 35.5. The Hall–Kier alpha value is -2.04. The van der Waals surface area contributed by atoms with Crippen molar-refractivity contribution in [2.45, 2.75) is 25.8 Å². The Bertz CT molecular complexity index is 754. The van der Waals surface area contributed by atoms with Crippen LogP contribution in [0.5, 0.6) is 0 Å². The van der Waals surface area contributed by atoms with E-state index in [1.807, 2.05) is 31.2 Å². The molecule has 1 aliphatic heterocycles. The van der Waals surface area contributed by atoms with E-state index >= 15 is 0 Å². The van der Waals surface area contributed by atoms with Crippen LogP contribution in [0.25, 0.3) is 0 Å². The third kappa shape index (κ3) is 5.47. The molecule has 27 heavy (non-hydrogen) atoms. The van der Waals surface area contributed by atoms with E-state index in [0.29, 0.717) is 11.4 Å². The van der Waals surface area contributed by atoms with Crippen molar-refractivity contribution in [1.29, 1.82) is 0 Å². The minimum Gasteiger partial charge on any atom is -0.369 e. The van der Waals surface area contributed by atoms with E-state index in [2.05, 4.69) is 46.4 Å². The highest BCUT2D eigenvalue weighted by molar-refractivity contribution is 6.30. The van der Waals surface area contributed by atoms with Gasteiger partial charge < -0.3 is 15.1 Å². The van der Waals surface area contributed by atoms with Gasteiger partial charge in [0.25, 0.3) is 0 Å². The zero-order valence-electron chi connectivity index (χ0n) is 16.1. The van der Waals surface area contributed by atoms with E-state index in [1.165, 1.54) is 11.3 Å². The van der Waals surface area contributed by atoms with Crippen LogP contribution < -0.4 is 10.2 Å². The fourth-order valence-electron chi connectivity index (χ4n) is 3.47. The molecule has 1 aliphatic rings. The number of carbonyl (C=O) groups is 1. The predicted octanol–water partition coefficient (Wildman–Crippen LogP) is 3.90. The molecule has 2 aromatic carbocycles. The van der Waals surface area contributed by atoms with Gasteiger partial charge in [-0.05, 0) is 49.7 Å². The molecule has 0 radical (unpaired) electrons. The zero-order valence-corrected chi connectivity index (χ0v) is 16.9. The minimum absolute atomic E-state index is 0.0253. The van der Waals surface area contributed by atoms with E-state index in [4.69, 9.17) is 11.6 Å². The van der Waals surface area contributed by atoms with Crippen molar-refractivity contribution in [1.82, 2.24) is 10.2 Å². The number of aryl methyl sites for hydroxylation is 1. The maximum atomic E-state index is 12.4. The Labute approximate surface area is 167 Å². The number of anilines is 1. The van der Waals surface area contributed by atoms with E-state index < -0.39 is 0 Å². The van der Waals surface area contributed by atoms with Gasteiger partial charge in [-0.2, -0.15) is 0 Å². The molecule has 0 aliphatic carbocycles. The van der Waals surface area contributed by atoms with E-state index in [-0.39, 0.29) is 11.9 Å². The molecule has 1 amide bonds. The van der Waals surface area contributed by atoms with Crippen LogP contribution >= 0.6 is 11.6 Å². The fourth-order valence-corrected chi connectivity index (χ4v) is 3.60. The number of hydrogen-bond donors (Lipinski definition) is 1. The lowest BCUT2D eigenvalue weighted by atomic mass is 10.0. The van der Waals surface area contributed by atoms with Crippen LogP contribution in [0.2, 0.25) is 5.02 Å². The number of carbonyl (C=O) groups excluding carboxylic acids is 1. The Morgan fingerprint density at radius 2 is 1.74 bits per heavy atom. The molecule has 2 aromatic rings. The van der Waals surface area contributed by atoms with Crippen molar-refractivity contribution < 1.29 is 4.79 Å². The van der Waals surface area contributed by atoms with Gasteiger partial charge >= 0.3 is 0 Å². The number of para-hydroxylation sites is 1. The number of likely N-dealkylation sites (N-methyl/N-ethyl adjacent to an activating group) is 1. The number of benzene rings is 2. The third-order valence-corrected chi connectivity index (χ3v) is 5.46. The zero-order chi connectivity index (χ0) is 19.2. The van der Waals surface area contributed by atoms with E-state index in [1.54, 1.807) is 0 Å². The van der Waals surface area contributed by atoms with Crippen molar-refractivity contribution in [2.24, 2.45) is 0 Å². The molecule has 1 atom stereocenters. The van der Waals surface area contributed by atoms with Crippen LogP contribution in [0.3, 0.4) is 0 Å². The number of piperazine rings is 1. The second-order valence-corrected chi connectivity index (χ2v) is 7.70. The smallest absolute Gasteiger partial charge is 0.220 e. The number of hydrogen-bond acceptors (Lipinski definition) is 3. The Morgan fingerprint density at radius 1 is 1.07 bits per heavy atom. The fraction of sp³-hybridized carbons (Fsp3) is 0.409. The summed E-state index contributed by atoms with van der Waals surface area (Å²) in [6.45, 7) is 6.22. The van der Waals surface area contributed by atoms with Gasteiger partial charge in [0.05, 0.1) is 6.04 Å². The van der Waals surface area contributed by atoms with Crippen LogP contribution in [-0.4, -0.2) is 44.0 Å². The molecule has 0 aromatic heterocycles. The summed E-state index contributed by atoms with van der Waals surface area (Å²) in [7, 11) is 2.16. The SMILES string of the molecule is CC(NC(=O)CCc1ccccc1N1CCN(C)CC1)c1ccc(Cl)cc1. The highest BCUT2D eigenvalue weighted by Crippen LogP contribution is 2.23. The van der Waals surface area contributed by atoms with E-state index in [9.17, 15) is 4.79 Å². The summed E-state index contributed by atoms with van der Waals surface area (Å²) in [5.74, 6) is 0.0747. The Balaban J connectivity index is 1.56. The van der Waals surface area contributed by atoms with Gasteiger partial charge in [-0.15, -0.1) is 0 Å². The summed E-state index contributed by atoms with van der Waals surface area (Å²) in [6.07, 6.45) is 1.24. The van der Waals surface area contributed by atoms with Crippen LogP contribution in [0.1, 0.15) is 30.5 Å². The normalized spacial score (nSPS) is 16.2. The molecular formula is C22H28ClN3O. The van der Waals surface area contributed by atoms with Crippen molar-refractivity contribution in [2.75, 3.05) is 38.1 Å². The summed E-state index contributed by atoms with van der Waals surface area (Å²) in [5.41, 5.74) is 3.58. The topological polar surface area (TPSA) is 35.6 Å². The second-order valence-electron chi connectivity index (χ2n) is 7.26. The lowest BCUT2D eigenvalue weighted by Crippen LogP contribution is -2.44. The first-order valence-corrected chi connectivity index (χ1v) is 9.97. The van der Waals surface area contributed by atoms with Crippen molar-refractivity contribution in [3.8, 4) is 0 Å². The van der Waals surface area contributed by atoms with Crippen molar-refractivity contribution >= 4 is 23.2 Å². The highest BCUT2D eigenvalue weighted by Gasteiger charge is 2.17. The summed E-state index contributed by atoms with van der Waals surface area (Å²) in [6, 6.07) is 16.0. The monoisotopic (exact) mass is 385 g/mol. The number of amides is 1. The van der Waals surface area contributed by atoms with Crippen LogP contribution in [0.4, 0.5) is 5.69 Å². The molecule has 1 unspecified atom stereocenters. The standard InChI is InChI=1S/C22H28ClN3O/c1-17(18-7-10-20(23)11-8-18)24-22(27)12-9-19-5-3-4-6-21(19)26-15-13-25(2)14-16-26/h3-8,10-11,17H,9,12-16H2,1-2H3,(H,24,27). The lowest BCUT2D eigenvalue weighted by Gasteiger charge is -2.35. The summed E-state index contributed by atoms with van der Waals surface area (Å²) in [4.78, 5) is 17.2. The van der Waals surface area contributed by atoms with Gasteiger partial charge in [0.15, 0.2) is 0 Å². The van der Waals surface area contributed by atoms with Gasteiger partial charge in [0.2, 0.25) is 5.91 Å². The average molecular weight is 386 g/mol. The Morgan fingerprint density at radius 3 is 2.44 bits per heavy atom. The summed E-state index contributed by atoms with van der Waals surface area (Å²) in [5, 5.41) is 3.79. The maximum Gasteiger partial charge on any atom is 0.220 e. The minimum atomic E-state index is -0.0253. The molecule has 4 nitrogen and oxygen atoms in total. The van der Waals surface area contributed by atoms with Gasteiger partial charge in [-0.3, -0.25) is 4.79 Å². The van der Waals surface area contributed by atoms with Gasteiger partial charge in [0.1, 0.15) is 0 Å². The first kappa shape index (κ1) is 19.7. The second kappa shape index (κ2) is 9.25. The van der Waals surface area contributed by atoms with Gasteiger partial charge in [-0.1, -0.05) is 41.9 Å². The van der Waals surface area contributed by atoms with Crippen LogP contribution in [0, 0.1) is 0 Å². The van der Waals surface area contributed by atoms with Crippen molar-refractivity contribution in [3.05, 3.63) is 64.7 Å². The number of halogens is 1. The largest absolute Gasteiger partial charge is 0.369 e. The molecular weight excluding hydrogens is 358 g/mol. The lowest BCUT2D eigenvalue weighted by molar-refractivity contribution is -0.121. The van der Waals surface area contributed by atoms with Crippen LogP contribution in [0.15, 0.2) is 48.5 Å². The number of nitrogens with zero attached hydrogens (tertiary/aromatic N) is 2. The van der Waals surface area contributed by atoms with E-state index in [0.717, 1.165) is 38.2 Å². The molecule has 3 rings (SSSR count). The first-order valence-electron chi connectivity index (χ1n) is 9.59. The molecule has 5 heteroatoms. The molecule has 1 saturated heterocycles. The quantitative estimate of drug-likeness (QED) is 0.819. The molecule has 0 bridgehead atoms. The van der Waals surface area contributed by atoms with Crippen LogP contribution in [-0.2, 0) is 11.2 Å². The average Bonchev–Trinajstić information content (AvgIpc) is 2.68. The predicted molar refractivity (Wildman–Crippen MR) is 112 cm³/mol. The summed E-state index contributed by atoms with van der Waals surface area (Å²) < 4.78 is 0. The maximum absolute atomic E-state index is 12.4. The first-order chi connectivity index (χ1) is 13.0. The molecule has 0 spiro atoms. The number of nitrogens with one attached hydrogen (secondary N) is 1. The molecule has 1 N–H and O–H groups in total. The van der Waals surface area contributed by atoms with Crippen molar-refractivity contribution in [3.63, 3.8) is 0 Å².